The minimum atomic E-state index is -0.394. The first-order valence-electron chi connectivity index (χ1n) is 4.07. The Hall–Kier alpha value is -0.740. The molecule has 0 fully saturated rings. The second-order valence-electron chi connectivity index (χ2n) is 2.86. The van der Waals surface area contributed by atoms with Crippen LogP contribution in [-0.2, 0) is 9.59 Å². The number of carbonyl (C=O) groups excluding carboxylic acids is 2. The van der Waals surface area contributed by atoms with Gasteiger partial charge in [0.1, 0.15) is 0 Å². The lowest BCUT2D eigenvalue weighted by Gasteiger charge is -1.98. The minimum Gasteiger partial charge on any atom is -0.287 e. The lowest BCUT2D eigenvalue weighted by atomic mass is 10.2. The van der Waals surface area contributed by atoms with Crippen LogP contribution in [0.2, 0.25) is 0 Å². The van der Waals surface area contributed by atoms with Gasteiger partial charge in [0.15, 0.2) is 5.12 Å². The Bertz CT molecular complexity index is 344. The van der Waals surface area contributed by atoms with Crippen molar-refractivity contribution in [3.8, 4) is 0 Å². The molecule has 0 spiro atoms. The van der Waals surface area contributed by atoms with E-state index in [0.717, 1.165) is 22.2 Å². The number of aryl methyl sites for hydroxylation is 1. The first kappa shape index (κ1) is 11.3. The summed E-state index contributed by atoms with van der Waals surface area (Å²) in [5, 5.41) is -0.566. The van der Waals surface area contributed by atoms with E-state index in [-0.39, 0.29) is 11.5 Å². The van der Waals surface area contributed by atoms with Crippen LogP contribution in [-0.4, -0.2) is 10.2 Å². The number of hydrogen-bond acceptors (Lipinski definition) is 3. The fourth-order valence-electron chi connectivity index (χ4n) is 0.897. The van der Waals surface area contributed by atoms with Crippen LogP contribution in [0.1, 0.15) is 12.0 Å². The molecule has 14 heavy (non-hydrogen) atoms. The minimum absolute atomic E-state index is 0.123. The quantitative estimate of drug-likeness (QED) is 0.488. The molecule has 0 unspecified atom stereocenters. The molecule has 0 aliphatic carbocycles. The van der Waals surface area contributed by atoms with Crippen LogP contribution < -0.4 is 0 Å². The average molecular weight is 226 g/mol. The Morgan fingerprint density at radius 3 is 2.36 bits per heavy atom. The van der Waals surface area contributed by atoms with Crippen LogP contribution in [0.4, 0.5) is 0 Å². The summed E-state index contributed by atoms with van der Waals surface area (Å²) in [4.78, 5) is 22.6. The molecule has 0 bridgehead atoms. The summed E-state index contributed by atoms with van der Waals surface area (Å²) >= 11 is 4.62. The third kappa shape index (κ3) is 3.98. The molecule has 0 saturated carbocycles. The maximum atomic E-state index is 11.2. The second-order valence-corrected chi connectivity index (χ2v) is 4.49. The number of thiol groups is 1. The van der Waals surface area contributed by atoms with E-state index in [1.165, 1.54) is 0 Å². The fraction of sp³-hybridized carbons (Fsp3) is 0.200. The molecule has 0 amide bonds. The maximum Gasteiger partial charge on any atom is 0.201 e. The third-order valence-electron chi connectivity index (χ3n) is 1.55. The van der Waals surface area contributed by atoms with Crippen LogP contribution in [0.15, 0.2) is 29.2 Å². The Morgan fingerprint density at radius 1 is 1.29 bits per heavy atom. The van der Waals surface area contributed by atoms with E-state index in [2.05, 4.69) is 12.6 Å². The molecule has 2 nitrogen and oxygen atoms in total. The van der Waals surface area contributed by atoms with E-state index < -0.39 is 5.12 Å². The summed E-state index contributed by atoms with van der Waals surface area (Å²) in [6, 6.07) is 7.58. The molecule has 0 aromatic heterocycles. The van der Waals surface area contributed by atoms with Gasteiger partial charge in [0.05, 0.1) is 6.42 Å². The first-order chi connectivity index (χ1) is 6.58. The van der Waals surface area contributed by atoms with Crippen LogP contribution in [0.3, 0.4) is 0 Å². The summed E-state index contributed by atoms with van der Waals surface area (Å²) in [7, 11) is 0. The molecule has 1 rings (SSSR count). The summed E-state index contributed by atoms with van der Waals surface area (Å²) in [6.45, 7) is 1.98. The maximum absolute atomic E-state index is 11.2. The summed E-state index contributed by atoms with van der Waals surface area (Å²) in [5.74, 6) is 0. The van der Waals surface area contributed by atoms with E-state index in [4.69, 9.17) is 0 Å². The van der Waals surface area contributed by atoms with Crippen molar-refractivity contribution in [2.24, 2.45) is 0 Å². The van der Waals surface area contributed by atoms with Crippen molar-refractivity contribution in [2.75, 3.05) is 0 Å². The standard InChI is InChI=1S/C10H10O2S2/c1-7-2-4-8(5-3-7)14-10(12)6-9(11)13/h2-5H,6H2,1H3,(H,11,13). The van der Waals surface area contributed by atoms with Crippen LogP contribution in [0.5, 0.6) is 0 Å². The topological polar surface area (TPSA) is 34.1 Å². The molecule has 1 aromatic rings. The molecule has 0 aliphatic rings. The van der Waals surface area contributed by atoms with Crippen molar-refractivity contribution in [2.45, 2.75) is 18.2 Å². The normalized spacial score (nSPS) is 9.86. The highest BCUT2D eigenvalue weighted by Crippen LogP contribution is 2.20. The molecule has 0 saturated heterocycles. The summed E-state index contributed by atoms with van der Waals surface area (Å²) in [6.07, 6.45) is -0.123. The van der Waals surface area contributed by atoms with E-state index in [1.54, 1.807) is 0 Å². The molecule has 0 N–H and O–H groups in total. The fourth-order valence-corrected chi connectivity index (χ4v) is 1.89. The highest BCUT2D eigenvalue weighted by atomic mass is 32.2. The van der Waals surface area contributed by atoms with Gasteiger partial charge in [-0.3, -0.25) is 9.59 Å². The van der Waals surface area contributed by atoms with E-state index in [9.17, 15) is 9.59 Å². The van der Waals surface area contributed by atoms with Gasteiger partial charge in [-0.1, -0.05) is 29.5 Å². The number of carbonyl (C=O) groups is 2. The van der Waals surface area contributed by atoms with Crippen molar-refractivity contribution in [1.29, 1.82) is 0 Å². The van der Waals surface area contributed by atoms with Gasteiger partial charge < -0.3 is 0 Å². The zero-order valence-corrected chi connectivity index (χ0v) is 9.40. The summed E-state index contributed by atoms with van der Waals surface area (Å²) < 4.78 is 0. The van der Waals surface area contributed by atoms with E-state index >= 15 is 0 Å². The van der Waals surface area contributed by atoms with Crippen LogP contribution >= 0.6 is 24.4 Å². The Morgan fingerprint density at radius 2 is 1.86 bits per heavy atom. The highest BCUT2D eigenvalue weighted by molar-refractivity contribution is 8.14. The molecule has 0 heterocycles. The van der Waals surface area contributed by atoms with Crippen molar-refractivity contribution < 1.29 is 9.59 Å². The molecule has 0 aliphatic heterocycles. The first-order valence-corrected chi connectivity index (χ1v) is 5.33. The van der Waals surface area contributed by atoms with Crippen molar-refractivity contribution in [3.05, 3.63) is 29.8 Å². The molecule has 1 aromatic carbocycles. The zero-order valence-electron chi connectivity index (χ0n) is 7.69. The summed E-state index contributed by atoms with van der Waals surface area (Å²) in [5.41, 5.74) is 1.15. The van der Waals surface area contributed by atoms with Gasteiger partial charge in [-0.25, -0.2) is 0 Å². The lowest BCUT2D eigenvalue weighted by Crippen LogP contribution is -1.97. The van der Waals surface area contributed by atoms with E-state index in [0.29, 0.717) is 0 Å². The van der Waals surface area contributed by atoms with Crippen molar-refractivity contribution in [1.82, 2.24) is 0 Å². The van der Waals surface area contributed by atoms with Gasteiger partial charge in [-0.2, -0.15) is 0 Å². The Kier molecular flexibility index (Phi) is 4.22. The molecular weight excluding hydrogens is 216 g/mol. The van der Waals surface area contributed by atoms with Crippen molar-refractivity contribution in [3.63, 3.8) is 0 Å². The third-order valence-corrected chi connectivity index (χ3v) is 2.59. The number of thioether (sulfide) groups is 1. The monoisotopic (exact) mass is 226 g/mol. The average Bonchev–Trinajstić information content (AvgIpc) is 2.07. The Balaban J connectivity index is 2.56. The van der Waals surface area contributed by atoms with Crippen molar-refractivity contribution >= 4 is 34.6 Å². The van der Waals surface area contributed by atoms with Gasteiger partial charge in [-0.15, -0.1) is 12.6 Å². The zero-order chi connectivity index (χ0) is 10.6. The second kappa shape index (κ2) is 5.22. The predicted octanol–water partition coefficient (Wildman–Crippen LogP) is 2.46. The van der Waals surface area contributed by atoms with Gasteiger partial charge in [0, 0.05) is 4.90 Å². The molecular formula is C10H10O2S2. The molecule has 74 valence electrons. The number of hydrogen-bond donors (Lipinski definition) is 1. The smallest absolute Gasteiger partial charge is 0.201 e. The van der Waals surface area contributed by atoms with E-state index in [1.807, 2.05) is 31.2 Å². The largest absolute Gasteiger partial charge is 0.287 e. The predicted molar refractivity (Wildman–Crippen MR) is 60.7 cm³/mol. The molecule has 0 atom stereocenters. The number of rotatable bonds is 3. The SMILES string of the molecule is Cc1ccc(SC(=O)CC(=O)S)cc1. The van der Waals surface area contributed by atoms with Gasteiger partial charge in [0.25, 0.3) is 0 Å². The molecule has 0 radical (unpaired) electrons. The van der Waals surface area contributed by atoms with Crippen LogP contribution in [0, 0.1) is 6.92 Å². The lowest BCUT2D eigenvalue weighted by molar-refractivity contribution is -0.117. The van der Waals surface area contributed by atoms with Crippen LogP contribution in [0.25, 0.3) is 0 Å². The van der Waals surface area contributed by atoms with Gasteiger partial charge in [0.2, 0.25) is 5.12 Å². The van der Waals surface area contributed by atoms with Gasteiger partial charge >= 0.3 is 0 Å². The van der Waals surface area contributed by atoms with Gasteiger partial charge in [-0.05, 0) is 19.1 Å². The number of benzene rings is 1. The highest BCUT2D eigenvalue weighted by Gasteiger charge is 2.07. The Labute approximate surface area is 92.5 Å². The molecule has 4 heteroatoms.